The van der Waals surface area contributed by atoms with Gasteiger partial charge in [-0.25, -0.2) is 4.68 Å². The molecule has 6 nitrogen and oxygen atoms in total. The van der Waals surface area contributed by atoms with Gasteiger partial charge in [0.05, 0.1) is 17.3 Å². The molecule has 0 aliphatic heterocycles. The summed E-state index contributed by atoms with van der Waals surface area (Å²) in [6.45, 7) is 6.03. The van der Waals surface area contributed by atoms with Gasteiger partial charge in [-0.05, 0) is 68.3 Å². The zero-order valence-corrected chi connectivity index (χ0v) is 19.4. The van der Waals surface area contributed by atoms with E-state index in [4.69, 9.17) is 32.7 Å². The molecular weight excluding hydrogens is 449 g/mol. The predicted molar refractivity (Wildman–Crippen MR) is 124 cm³/mol. The number of halogens is 2. The first-order valence-corrected chi connectivity index (χ1v) is 10.6. The third kappa shape index (κ3) is 5.50. The molecule has 0 atom stereocenters. The van der Waals surface area contributed by atoms with Crippen molar-refractivity contribution in [3.8, 4) is 17.6 Å². The first-order valence-electron chi connectivity index (χ1n) is 9.85. The minimum absolute atomic E-state index is 0.0791. The molecule has 0 aliphatic rings. The first-order chi connectivity index (χ1) is 15.3. The van der Waals surface area contributed by atoms with Crippen LogP contribution in [0.25, 0.3) is 6.08 Å². The van der Waals surface area contributed by atoms with Crippen molar-refractivity contribution in [3.63, 3.8) is 0 Å². The molecule has 3 rings (SSSR count). The van der Waals surface area contributed by atoms with E-state index in [1.807, 2.05) is 25.1 Å². The van der Waals surface area contributed by atoms with E-state index in [9.17, 15) is 10.1 Å². The van der Waals surface area contributed by atoms with E-state index >= 15 is 0 Å². The highest BCUT2D eigenvalue weighted by Crippen LogP contribution is 2.38. The van der Waals surface area contributed by atoms with Crippen molar-refractivity contribution >= 4 is 35.2 Å². The van der Waals surface area contributed by atoms with E-state index in [-0.39, 0.29) is 12.2 Å². The second-order valence-electron chi connectivity index (χ2n) is 6.99. The van der Waals surface area contributed by atoms with Gasteiger partial charge >= 0.3 is 0 Å². The Bertz CT molecular complexity index is 1210. The van der Waals surface area contributed by atoms with Crippen LogP contribution in [0.2, 0.25) is 10.0 Å². The van der Waals surface area contributed by atoms with Crippen LogP contribution in [-0.4, -0.2) is 22.3 Å². The zero-order chi connectivity index (χ0) is 23.3. The van der Waals surface area contributed by atoms with Crippen molar-refractivity contribution in [2.45, 2.75) is 27.4 Å². The highest BCUT2D eigenvalue weighted by atomic mass is 35.5. The summed E-state index contributed by atoms with van der Waals surface area (Å²) in [6, 6.07) is 14.3. The Morgan fingerprint density at radius 3 is 2.47 bits per heavy atom. The Labute approximate surface area is 196 Å². The molecule has 8 heteroatoms. The molecule has 0 saturated heterocycles. The van der Waals surface area contributed by atoms with Crippen LogP contribution in [-0.2, 0) is 6.61 Å². The van der Waals surface area contributed by atoms with Gasteiger partial charge in [-0.3, -0.25) is 4.79 Å². The van der Waals surface area contributed by atoms with Crippen molar-refractivity contribution in [1.82, 2.24) is 9.78 Å². The van der Waals surface area contributed by atoms with Crippen LogP contribution < -0.4 is 9.47 Å². The third-order valence-corrected chi connectivity index (χ3v) is 5.02. The standard InChI is InChI=1S/C24H21Cl2N3O3/c1-4-31-22-12-18(10-19(13-27)24(30)29-16(3)9-15(2)28-29)11-21(26)23(22)32-14-17-5-7-20(25)8-6-17/h5-12H,4,14H2,1-3H3/b19-10+. The molecule has 3 aromatic rings. The molecule has 0 bridgehead atoms. The maximum Gasteiger partial charge on any atom is 0.289 e. The minimum atomic E-state index is -0.518. The predicted octanol–water partition coefficient (Wildman–Crippen LogP) is 6.03. The maximum atomic E-state index is 12.8. The number of ether oxygens (including phenoxy) is 2. The summed E-state index contributed by atoms with van der Waals surface area (Å²) in [6.07, 6.45) is 1.45. The Morgan fingerprint density at radius 2 is 1.88 bits per heavy atom. The molecule has 0 N–H and O–H groups in total. The molecule has 0 unspecified atom stereocenters. The van der Waals surface area contributed by atoms with Gasteiger partial charge in [-0.2, -0.15) is 10.4 Å². The number of nitrogens with zero attached hydrogens (tertiary/aromatic N) is 3. The molecule has 0 amide bonds. The molecule has 0 saturated carbocycles. The van der Waals surface area contributed by atoms with Gasteiger partial charge in [0.1, 0.15) is 18.2 Å². The first kappa shape index (κ1) is 23.4. The smallest absolute Gasteiger partial charge is 0.289 e. The Kier molecular flexibility index (Phi) is 7.57. The van der Waals surface area contributed by atoms with E-state index < -0.39 is 5.91 Å². The lowest BCUT2D eigenvalue weighted by molar-refractivity contribution is 0.0943. The van der Waals surface area contributed by atoms with Crippen LogP contribution in [0.15, 0.2) is 48.0 Å². The lowest BCUT2D eigenvalue weighted by Gasteiger charge is -2.15. The summed E-state index contributed by atoms with van der Waals surface area (Å²) in [5.41, 5.74) is 2.71. The van der Waals surface area contributed by atoms with Gasteiger partial charge in [0.15, 0.2) is 11.5 Å². The monoisotopic (exact) mass is 469 g/mol. The molecule has 164 valence electrons. The fourth-order valence-corrected chi connectivity index (χ4v) is 3.47. The van der Waals surface area contributed by atoms with E-state index in [0.717, 1.165) is 5.56 Å². The topological polar surface area (TPSA) is 77.1 Å². The number of carbonyl (C=O) groups excluding carboxylic acids is 1. The molecule has 1 aromatic heterocycles. The summed E-state index contributed by atoms with van der Waals surface area (Å²) in [7, 11) is 0. The molecule has 0 spiro atoms. The highest BCUT2D eigenvalue weighted by molar-refractivity contribution is 6.32. The molecular formula is C24H21Cl2N3O3. The minimum Gasteiger partial charge on any atom is -0.490 e. The van der Waals surface area contributed by atoms with Crippen LogP contribution in [0.1, 0.15) is 34.2 Å². The van der Waals surface area contributed by atoms with Gasteiger partial charge < -0.3 is 9.47 Å². The largest absolute Gasteiger partial charge is 0.490 e. The number of aryl methyl sites for hydroxylation is 2. The van der Waals surface area contributed by atoms with Crippen LogP contribution in [0, 0.1) is 25.2 Å². The molecule has 0 fully saturated rings. The Balaban J connectivity index is 1.91. The van der Waals surface area contributed by atoms with E-state index in [1.165, 1.54) is 10.8 Å². The van der Waals surface area contributed by atoms with E-state index in [0.29, 0.717) is 45.1 Å². The fourth-order valence-electron chi connectivity index (χ4n) is 3.07. The zero-order valence-electron chi connectivity index (χ0n) is 17.9. The van der Waals surface area contributed by atoms with Crippen LogP contribution in [0.5, 0.6) is 11.5 Å². The van der Waals surface area contributed by atoms with Gasteiger partial charge in [-0.15, -0.1) is 0 Å². The van der Waals surface area contributed by atoms with Crippen molar-refractivity contribution < 1.29 is 14.3 Å². The molecule has 1 heterocycles. The molecule has 0 aliphatic carbocycles. The summed E-state index contributed by atoms with van der Waals surface area (Å²) in [4.78, 5) is 12.8. The number of hydrogen-bond acceptors (Lipinski definition) is 5. The quantitative estimate of drug-likeness (QED) is 0.311. The summed E-state index contributed by atoms with van der Waals surface area (Å²) in [5, 5.41) is 14.7. The summed E-state index contributed by atoms with van der Waals surface area (Å²) >= 11 is 12.4. The number of nitriles is 1. The van der Waals surface area contributed by atoms with Crippen LogP contribution in [0.3, 0.4) is 0 Å². The van der Waals surface area contributed by atoms with Gasteiger partial charge in [0, 0.05) is 10.7 Å². The Hall–Kier alpha value is -3.27. The molecule has 32 heavy (non-hydrogen) atoms. The second-order valence-corrected chi connectivity index (χ2v) is 7.84. The number of carbonyl (C=O) groups is 1. The normalized spacial score (nSPS) is 11.2. The lowest BCUT2D eigenvalue weighted by atomic mass is 10.1. The van der Waals surface area contributed by atoms with Crippen molar-refractivity contribution in [2.75, 3.05) is 6.61 Å². The van der Waals surface area contributed by atoms with Crippen molar-refractivity contribution in [2.24, 2.45) is 0 Å². The van der Waals surface area contributed by atoms with Crippen LogP contribution in [0.4, 0.5) is 0 Å². The highest BCUT2D eigenvalue weighted by Gasteiger charge is 2.17. The summed E-state index contributed by atoms with van der Waals surface area (Å²) in [5.74, 6) is 0.273. The van der Waals surface area contributed by atoms with Crippen molar-refractivity contribution in [1.29, 1.82) is 5.26 Å². The van der Waals surface area contributed by atoms with Crippen LogP contribution >= 0.6 is 23.2 Å². The number of rotatable bonds is 7. The number of allylic oxidation sites excluding steroid dienone is 1. The van der Waals surface area contributed by atoms with Gasteiger partial charge in [0.25, 0.3) is 5.91 Å². The van der Waals surface area contributed by atoms with Crippen molar-refractivity contribution in [3.05, 3.63) is 80.6 Å². The van der Waals surface area contributed by atoms with Gasteiger partial charge in [0.2, 0.25) is 0 Å². The van der Waals surface area contributed by atoms with Gasteiger partial charge in [-0.1, -0.05) is 35.3 Å². The number of hydrogen-bond donors (Lipinski definition) is 0. The van der Waals surface area contributed by atoms with E-state index in [1.54, 1.807) is 44.2 Å². The SMILES string of the molecule is CCOc1cc(/C=C(\C#N)C(=O)n2nc(C)cc2C)cc(Cl)c1OCc1ccc(Cl)cc1. The second kappa shape index (κ2) is 10.4. The number of aromatic nitrogens is 2. The number of benzene rings is 2. The average Bonchev–Trinajstić information content (AvgIpc) is 3.10. The fraction of sp³-hybridized carbons (Fsp3) is 0.208. The Morgan fingerprint density at radius 1 is 1.16 bits per heavy atom. The third-order valence-electron chi connectivity index (χ3n) is 4.49. The summed E-state index contributed by atoms with van der Waals surface area (Å²) < 4.78 is 12.8. The lowest BCUT2D eigenvalue weighted by Crippen LogP contribution is -2.15. The molecule has 0 radical (unpaired) electrons. The average molecular weight is 470 g/mol. The molecule has 2 aromatic carbocycles. The maximum absolute atomic E-state index is 12.8. The van der Waals surface area contributed by atoms with E-state index in [2.05, 4.69) is 5.10 Å².